The maximum absolute atomic E-state index is 12.3. The number of aliphatic hydroxyl groups is 1. The Bertz CT molecular complexity index is 672. The molecule has 0 saturated carbocycles. The summed E-state index contributed by atoms with van der Waals surface area (Å²) in [4.78, 5) is 17.0. The molecule has 0 aliphatic carbocycles. The molecular weight excluding hydrogens is 368 g/mol. The fourth-order valence-corrected chi connectivity index (χ4v) is 3.32. The smallest absolute Gasteiger partial charge is 0.251 e. The minimum atomic E-state index is -0.0533. The number of amides is 1. The predicted octanol–water partition coefficient (Wildman–Crippen LogP) is 2.06. The van der Waals surface area contributed by atoms with Crippen LogP contribution in [0.2, 0.25) is 0 Å². The summed E-state index contributed by atoms with van der Waals surface area (Å²) in [7, 11) is 0. The third-order valence-electron chi connectivity index (χ3n) is 5.40. The zero-order valence-corrected chi connectivity index (χ0v) is 18.0. The molecule has 29 heavy (non-hydrogen) atoms. The number of aliphatic hydroxyl groups excluding tert-OH is 1. The van der Waals surface area contributed by atoms with E-state index in [4.69, 9.17) is 4.74 Å². The van der Waals surface area contributed by atoms with E-state index in [-0.39, 0.29) is 24.0 Å². The van der Waals surface area contributed by atoms with Gasteiger partial charge in [-0.1, -0.05) is 19.1 Å². The first kappa shape index (κ1) is 23.2. The molecule has 7 nitrogen and oxygen atoms in total. The molecular formula is C22H36N4O3. The lowest BCUT2D eigenvalue weighted by Gasteiger charge is -2.27. The Morgan fingerprint density at radius 1 is 1.34 bits per heavy atom. The molecule has 1 amide bonds. The van der Waals surface area contributed by atoms with Crippen LogP contribution in [0, 0.1) is 5.41 Å². The van der Waals surface area contributed by atoms with Gasteiger partial charge in [-0.2, -0.15) is 0 Å². The number of rotatable bonds is 10. The lowest BCUT2D eigenvalue weighted by atomic mass is 9.84. The van der Waals surface area contributed by atoms with Crippen LogP contribution in [0.3, 0.4) is 0 Å². The molecule has 1 heterocycles. The number of aliphatic imine (C=N–C) groups is 1. The lowest BCUT2D eigenvalue weighted by Crippen LogP contribution is -2.44. The number of benzene rings is 1. The van der Waals surface area contributed by atoms with Crippen LogP contribution in [-0.2, 0) is 11.3 Å². The van der Waals surface area contributed by atoms with Crippen molar-refractivity contribution in [3.8, 4) is 0 Å². The van der Waals surface area contributed by atoms with Gasteiger partial charge in [-0.3, -0.25) is 4.79 Å². The first-order valence-electron chi connectivity index (χ1n) is 10.6. The molecule has 0 radical (unpaired) electrons. The minimum Gasteiger partial charge on any atom is -0.396 e. The van der Waals surface area contributed by atoms with Gasteiger partial charge in [0.15, 0.2) is 5.96 Å². The van der Waals surface area contributed by atoms with Crippen molar-refractivity contribution in [3.63, 3.8) is 0 Å². The molecule has 0 bridgehead atoms. The molecule has 1 aromatic carbocycles. The standard InChI is InChI=1S/C22H36N4O3/c1-4-17(3)26-20(28)19-8-6-7-18(13-19)14-24-21(23-5-2)25-15-22(9-11-27)10-12-29-16-22/h6-8,13,17,27H,4-5,9-12,14-16H2,1-3H3,(H,26,28)(H2,23,24,25). The number of guanidine groups is 1. The lowest BCUT2D eigenvalue weighted by molar-refractivity contribution is 0.0939. The second-order valence-electron chi connectivity index (χ2n) is 7.81. The topological polar surface area (TPSA) is 95.0 Å². The van der Waals surface area contributed by atoms with E-state index >= 15 is 0 Å². The molecule has 2 unspecified atom stereocenters. The second kappa shape index (κ2) is 11.8. The van der Waals surface area contributed by atoms with Crippen LogP contribution in [0.25, 0.3) is 0 Å². The van der Waals surface area contributed by atoms with E-state index in [0.717, 1.165) is 37.5 Å². The molecule has 2 rings (SSSR count). The summed E-state index contributed by atoms with van der Waals surface area (Å²) in [6, 6.07) is 7.74. The highest BCUT2D eigenvalue weighted by atomic mass is 16.5. The summed E-state index contributed by atoms with van der Waals surface area (Å²) in [6.07, 6.45) is 2.55. The molecule has 7 heteroatoms. The van der Waals surface area contributed by atoms with Gasteiger partial charge >= 0.3 is 0 Å². The van der Waals surface area contributed by atoms with Crippen molar-refractivity contribution in [1.82, 2.24) is 16.0 Å². The molecule has 1 aromatic rings. The fourth-order valence-electron chi connectivity index (χ4n) is 3.32. The number of hydrogen-bond acceptors (Lipinski definition) is 4. The van der Waals surface area contributed by atoms with Gasteiger partial charge in [-0.15, -0.1) is 0 Å². The first-order chi connectivity index (χ1) is 14.0. The van der Waals surface area contributed by atoms with E-state index in [1.165, 1.54) is 0 Å². The quantitative estimate of drug-likeness (QED) is 0.354. The van der Waals surface area contributed by atoms with Crippen LogP contribution in [0.5, 0.6) is 0 Å². The highest BCUT2D eigenvalue weighted by Gasteiger charge is 2.34. The average Bonchev–Trinajstić information content (AvgIpc) is 3.19. The Hall–Kier alpha value is -2.12. The Morgan fingerprint density at radius 3 is 2.83 bits per heavy atom. The van der Waals surface area contributed by atoms with Gasteiger partial charge in [-0.25, -0.2) is 4.99 Å². The second-order valence-corrected chi connectivity index (χ2v) is 7.81. The Morgan fingerprint density at radius 2 is 2.17 bits per heavy atom. The molecule has 1 fully saturated rings. The number of nitrogens with zero attached hydrogens (tertiary/aromatic N) is 1. The largest absolute Gasteiger partial charge is 0.396 e. The van der Waals surface area contributed by atoms with Gasteiger partial charge < -0.3 is 25.8 Å². The molecule has 1 saturated heterocycles. The van der Waals surface area contributed by atoms with Crippen molar-refractivity contribution < 1.29 is 14.6 Å². The van der Waals surface area contributed by atoms with Crippen LogP contribution in [-0.4, -0.2) is 55.9 Å². The summed E-state index contributed by atoms with van der Waals surface area (Å²) in [5, 5.41) is 19.0. The highest BCUT2D eigenvalue weighted by molar-refractivity contribution is 5.94. The third-order valence-corrected chi connectivity index (χ3v) is 5.40. The normalized spacial score (nSPS) is 20.3. The van der Waals surface area contributed by atoms with Crippen molar-refractivity contribution in [3.05, 3.63) is 35.4 Å². The molecule has 0 spiro atoms. The van der Waals surface area contributed by atoms with Gasteiger partial charge in [-0.05, 0) is 50.8 Å². The summed E-state index contributed by atoms with van der Waals surface area (Å²) in [5.74, 6) is 0.675. The van der Waals surface area contributed by atoms with Crippen LogP contribution < -0.4 is 16.0 Å². The maximum atomic E-state index is 12.3. The Kier molecular flexibility index (Phi) is 9.41. The third kappa shape index (κ3) is 7.33. The minimum absolute atomic E-state index is 0.0427. The van der Waals surface area contributed by atoms with E-state index in [2.05, 4.69) is 20.9 Å². The molecule has 4 N–H and O–H groups in total. The van der Waals surface area contributed by atoms with Crippen molar-refractivity contribution >= 4 is 11.9 Å². The van der Waals surface area contributed by atoms with Gasteiger partial charge in [0.1, 0.15) is 0 Å². The average molecular weight is 405 g/mol. The number of ether oxygens (including phenoxy) is 1. The fraction of sp³-hybridized carbons (Fsp3) is 0.636. The van der Waals surface area contributed by atoms with Crippen molar-refractivity contribution in [2.24, 2.45) is 10.4 Å². The number of carbonyl (C=O) groups excluding carboxylic acids is 1. The number of carbonyl (C=O) groups is 1. The van der Waals surface area contributed by atoms with Gasteiger partial charge in [0.05, 0.1) is 13.2 Å². The summed E-state index contributed by atoms with van der Waals surface area (Å²) < 4.78 is 5.56. The predicted molar refractivity (Wildman–Crippen MR) is 116 cm³/mol. The van der Waals surface area contributed by atoms with Crippen LogP contribution in [0.15, 0.2) is 29.3 Å². The van der Waals surface area contributed by atoms with Crippen molar-refractivity contribution in [1.29, 1.82) is 0 Å². The van der Waals surface area contributed by atoms with Crippen LogP contribution >= 0.6 is 0 Å². The van der Waals surface area contributed by atoms with Gasteiger partial charge in [0.2, 0.25) is 0 Å². The Labute approximate surface area is 174 Å². The maximum Gasteiger partial charge on any atom is 0.251 e. The first-order valence-corrected chi connectivity index (χ1v) is 10.6. The molecule has 0 aromatic heterocycles. The van der Waals surface area contributed by atoms with Crippen LogP contribution in [0.4, 0.5) is 0 Å². The van der Waals surface area contributed by atoms with Gasteiger partial charge in [0.25, 0.3) is 5.91 Å². The summed E-state index contributed by atoms with van der Waals surface area (Å²) in [6.45, 7) is 9.57. The van der Waals surface area contributed by atoms with Crippen molar-refractivity contribution in [2.45, 2.75) is 52.6 Å². The monoisotopic (exact) mass is 404 g/mol. The summed E-state index contributed by atoms with van der Waals surface area (Å²) >= 11 is 0. The Balaban J connectivity index is 2.00. The molecule has 1 aliphatic rings. The number of nitrogens with one attached hydrogen (secondary N) is 3. The zero-order chi connectivity index (χ0) is 21.1. The zero-order valence-electron chi connectivity index (χ0n) is 18.0. The highest BCUT2D eigenvalue weighted by Crippen LogP contribution is 2.31. The molecule has 2 atom stereocenters. The van der Waals surface area contributed by atoms with E-state index in [9.17, 15) is 9.90 Å². The van der Waals surface area contributed by atoms with E-state index in [0.29, 0.717) is 31.7 Å². The molecule has 162 valence electrons. The number of hydrogen-bond donors (Lipinski definition) is 4. The summed E-state index contributed by atoms with van der Waals surface area (Å²) in [5.41, 5.74) is 1.59. The van der Waals surface area contributed by atoms with Gasteiger partial charge in [0, 0.05) is 43.3 Å². The SMILES string of the molecule is CCNC(=NCc1cccc(C(=O)NC(C)CC)c1)NCC1(CCO)CCOC1. The van der Waals surface area contributed by atoms with E-state index < -0.39 is 0 Å². The van der Waals surface area contributed by atoms with E-state index in [1.807, 2.05) is 45.0 Å². The van der Waals surface area contributed by atoms with E-state index in [1.54, 1.807) is 0 Å². The van der Waals surface area contributed by atoms with Crippen LogP contribution in [0.1, 0.15) is 56.0 Å². The van der Waals surface area contributed by atoms with Crippen molar-refractivity contribution in [2.75, 3.05) is 32.9 Å². The molecule has 1 aliphatic heterocycles.